The van der Waals surface area contributed by atoms with Gasteiger partial charge in [0.2, 0.25) is 0 Å². The van der Waals surface area contributed by atoms with Crippen molar-refractivity contribution in [3.8, 4) is 5.75 Å². The van der Waals surface area contributed by atoms with Gasteiger partial charge in [-0.1, -0.05) is 18.6 Å². The highest BCUT2D eigenvalue weighted by Crippen LogP contribution is 2.44. The van der Waals surface area contributed by atoms with Crippen LogP contribution in [0.3, 0.4) is 0 Å². The normalized spacial score (nSPS) is 22.1. The molecule has 1 spiro atoms. The minimum atomic E-state index is -0.561. The first-order valence-corrected chi connectivity index (χ1v) is 8.19. The Morgan fingerprint density at radius 2 is 1.91 bits per heavy atom. The van der Waals surface area contributed by atoms with E-state index in [2.05, 4.69) is 0 Å². The molecule has 5 heteroatoms. The lowest BCUT2D eigenvalue weighted by Crippen LogP contribution is -2.57. The summed E-state index contributed by atoms with van der Waals surface area (Å²) in [6.07, 6.45) is 5.19. The van der Waals surface area contributed by atoms with E-state index in [1.165, 1.54) is 6.42 Å². The summed E-state index contributed by atoms with van der Waals surface area (Å²) in [6, 6.07) is 6.76. The van der Waals surface area contributed by atoms with E-state index in [0.717, 1.165) is 25.7 Å². The van der Waals surface area contributed by atoms with Crippen molar-refractivity contribution in [2.45, 2.75) is 57.2 Å². The molecular formula is C18H23NO4. The summed E-state index contributed by atoms with van der Waals surface area (Å²) >= 11 is 0. The topological polar surface area (TPSA) is 55.8 Å². The molecule has 0 bridgehead atoms. The van der Waals surface area contributed by atoms with E-state index in [9.17, 15) is 9.59 Å². The fourth-order valence-corrected chi connectivity index (χ4v) is 3.69. The minimum Gasteiger partial charge on any atom is -0.409 e. The molecule has 1 saturated carbocycles. The number of hydrogen-bond acceptors (Lipinski definition) is 4. The summed E-state index contributed by atoms with van der Waals surface area (Å²) in [5.74, 6) is 0.293. The smallest absolute Gasteiger partial charge is 0.409 e. The van der Waals surface area contributed by atoms with Crippen LogP contribution in [-0.2, 0) is 4.74 Å². The zero-order valence-corrected chi connectivity index (χ0v) is 13.7. The Morgan fingerprint density at radius 3 is 2.61 bits per heavy atom. The van der Waals surface area contributed by atoms with Crippen molar-refractivity contribution in [2.24, 2.45) is 0 Å². The zero-order valence-electron chi connectivity index (χ0n) is 13.7. The van der Waals surface area contributed by atoms with Crippen LogP contribution in [0.1, 0.15) is 56.3 Å². The van der Waals surface area contributed by atoms with E-state index in [1.807, 2.05) is 13.8 Å². The zero-order chi connectivity index (χ0) is 16.5. The van der Waals surface area contributed by atoms with E-state index in [4.69, 9.17) is 9.47 Å². The number of aldehydes is 1. The molecule has 1 aliphatic heterocycles. The summed E-state index contributed by atoms with van der Waals surface area (Å²) in [4.78, 5) is 25.8. The number of amides is 1. The molecule has 1 aromatic carbocycles. The highest BCUT2D eigenvalue weighted by Gasteiger charge is 2.55. The SMILES string of the molecule is CC1(C)COC2(CCCCC2)N1C(=O)Oc1ccccc1C=O. The van der Waals surface area contributed by atoms with Gasteiger partial charge in [0.25, 0.3) is 0 Å². The maximum atomic E-state index is 12.9. The van der Waals surface area contributed by atoms with Crippen molar-refractivity contribution in [2.75, 3.05) is 6.61 Å². The molecule has 1 heterocycles. The van der Waals surface area contributed by atoms with Crippen molar-refractivity contribution in [3.63, 3.8) is 0 Å². The summed E-state index contributed by atoms with van der Waals surface area (Å²) in [5.41, 5.74) is -0.615. The molecule has 1 amide bonds. The second kappa shape index (κ2) is 5.96. The number of rotatable bonds is 2. The summed E-state index contributed by atoms with van der Waals surface area (Å²) < 4.78 is 11.6. The van der Waals surface area contributed by atoms with Crippen molar-refractivity contribution in [3.05, 3.63) is 29.8 Å². The van der Waals surface area contributed by atoms with Gasteiger partial charge in [0.05, 0.1) is 17.7 Å². The van der Waals surface area contributed by atoms with Crippen LogP contribution in [0.5, 0.6) is 5.75 Å². The van der Waals surface area contributed by atoms with Gasteiger partial charge >= 0.3 is 6.09 Å². The van der Waals surface area contributed by atoms with Crippen molar-refractivity contribution >= 4 is 12.4 Å². The Morgan fingerprint density at radius 1 is 1.22 bits per heavy atom. The predicted octanol–water partition coefficient (Wildman–Crippen LogP) is 3.77. The molecule has 0 aromatic heterocycles. The number of hydrogen-bond donors (Lipinski definition) is 0. The van der Waals surface area contributed by atoms with E-state index in [-0.39, 0.29) is 0 Å². The standard InChI is InChI=1S/C18H23NO4/c1-17(2)13-22-18(10-6-3-7-11-18)19(17)16(21)23-15-9-5-4-8-14(15)12-20/h4-5,8-9,12H,3,6-7,10-11,13H2,1-2H3. The number of carbonyl (C=O) groups is 2. The molecule has 124 valence electrons. The third-order valence-electron chi connectivity index (χ3n) is 4.77. The second-order valence-electron chi connectivity index (χ2n) is 6.97. The summed E-state index contributed by atoms with van der Waals surface area (Å²) in [6.45, 7) is 4.48. The Balaban J connectivity index is 1.87. The Bertz CT molecular complexity index is 605. The molecule has 1 aromatic rings. The van der Waals surface area contributed by atoms with Crippen molar-refractivity contribution in [1.82, 2.24) is 4.90 Å². The second-order valence-corrected chi connectivity index (χ2v) is 6.97. The molecule has 1 saturated heterocycles. The highest BCUT2D eigenvalue weighted by molar-refractivity contribution is 5.82. The number of ether oxygens (including phenoxy) is 2. The van der Waals surface area contributed by atoms with Crippen LogP contribution in [0.25, 0.3) is 0 Å². The maximum absolute atomic E-state index is 12.9. The largest absolute Gasteiger partial charge is 0.418 e. The molecule has 0 atom stereocenters. The molecule has 2 aliphatic rings. The lowest BCUT2D eigenvalue weighted by molar-refractivity contribution is -0.0985. The quantitative estimate of drug-likeness (QED) is 0.779. The van der Waals surface area contributed by atoms with E-state index in [0.29, 0.717) is 24.2 Å². The average molecular weight is 317 g/mol. The van der Waals surface area contributed by atoms with Gasteiger partial charge in [-0.25, -0.2) is 4.79 Å². The third kappa shape index (κ3) is 2.85. The fraction of sp³-hybridized carbons (Fsp3) is 0.556. The Kier molecular flexibility index (Phi) is 4.15. The number of benzene rings is 1. The molecule has 0 unspecified atom stereocenters. The van der Waals surface area contributed by atoms with Gasteiger partial charge in [-0.15, -0.1) is 0 Å². The molecule has 3 rings (SSSR count). The van der Waals surface area contributed by atoms with E-state index >= 15 is 0 Å². The van der Waals surface area contributed by atoms with Crippen LogP contribution in [0, 0.1) is 0 Å². The van der Waals surface area contributed by atoms with Gasteiger partial charge < -0.3 is 9.47 Å². The van der Waals surface area contributed by atoms with Crippen LogP contribution in [-0.4, -0.2) is 35.2 Å². The van der Waals surface area contributed by atoms with E-state index < -0.39 is 17.4 Å². The molecule has 5 nitrogen and oxygen atoms in total. The Labute approximate surface area is 136 Å². The van der Waals surface area contributed by atoms with Gasteiger partial charge in [0.1, 0.15) is 11.5 Å². The van der Waals surface area contributed by atoms with Crippen LogP contribution >= 0.6 is 0 Å². The predicted molar refractivity (Wildman–Crippen MR) is 85.5 cm³/mol. The van der Waals surface area contributed by atoms with Gasteiger partial charge in [0, 0.05) is 0 Å². The van der Waals surface area contributed by atoms with Crippen LogP contribution < -0.4 is 4.74 Å². The van der Waals surface area contributed by atoms with E-state index in [1.54, 1.807) is 29.2 Å². The average Bonchev–Trinajstić information content (AvgIpc) is 2.79. The first-order valence-electron chi connectivity index (χ1n) is 8.19. The molecule has 0 radical (unpaired) electrons. The Hall–Kier alpha value is -1.88. The van der Waals surface area contributed by atoms with Gasteiger partial charge in [-0.05, 0) is 51.7 Å². The maximum Gasteiger partial charge on any atom is 0.418 e. The highest BCUT2D eigenvalue weighted by atomic mass is 16.6. The molecule has 2 fully saturated rings. The summed E-state index contributed by atoms with van der Waals surface area (Å²) in [7, 11) is 0. The number of nitrogens with zero attached hydrogens (tertiary/aromatic N) is 1. The lowest BCUT2D eigenvalue weighted by atomic mass is 9.89. The van der Waals surface area contributed by atoms with Gasteiger partial charge in [-0.2, -0.15) is 0 Å². The summed E-state index contributed by atoms with van der Waals surface area (Å²) in [5, 5.41) is 0. The first kappa shape index (κ1) is 16.0. The molecule has 0 N–H and O–H groups in total. The number of para-hydroxylation sites is 1. The van der Waals surface area contributed by atoms with Crippen molar-refractivity contribution in [1.29, 1.82) is 0 Å². The minimum absolute atomic E-state index is 0.293. The monoisotopic (exact) mass is 317 g/mol. The first-order chi connectivity index (χ1) is 11.0. The van der Waals surface area contributed by atoms with Gasteiger partial charge in [-0.3, -0.25) is 9.69 Å². The fourth-order valence-electron chi connectivity index (χ4n) is 3.69. The number of carbonyl (C=O) groups excluding carboxylic acids is 2. The lowest BCUT2D eigenvalue weighted by Gasteiger charge is -2.43. The molecular weight excluding hydrogens is 294 g/mol. The molecule has 1 aliphatic carbocycles. The third-order valence-corrected chi connectivity index (χ3v) is 4.77. The molecule has 23 heavy (non-hydrogen) atoms. The van der Waals surface area contributed by atoms with Crippen LogP contribution in [0.15, 0.2) is 24.3 Å². The van der Waals surface area contributed by atoms with Crippen LogP contribution in [0.2, 0.25) is 0 Å². The van der Waals surface area contributed by atoms with Crippen molar-refractivity contribution < 1.29 is 19.1 Å². The van der Waals surface area contributed by atoms with Gasteiger partial charge in [0.15, 0.2) is 6.29 Å². The van der Waals surface area contributed by atoms with Crippen LogP contribution in [0.4, 0.5) is 4.79 Å².